The summed E-state index contributed by atoms with van der Waals surface area (Å²) in [5.41, 5.74) is 2.61. The van der Waals surface area contributed by atoms with E-state index in [2.05, 4.69) is 10.1 Å². The summed E-state index contributed by atoms with van der Waals surface area (Å²) in [5.74, 6) is -1.87. The molecule has 122 valence electrons. The highest BCUT2D eigenvalue weighted by Gasteiger charge is 2.31. The van der Waals surface area contributed by atoms with Gasteiger partial charge in [-0.2, -0.15) is 5.10 Å². The Balaban J connectivity index is 2.03. The number of pyridine rings is 1. The molecule has 0 aliphatic heterocycles. The van der Waals surface area contributed by atoms with Crippen LogP contribution in [0.4, 0.5) is 0 Å². The van der Waals surface area contributed by atoms with Crippen LogP contribution in [-0.4, -0.2) is 33.0 Å². The third-order valence-corrected chi connectivity index (χ3v) is 3.72. The van der Waals surface area contributed by atoms with E-state index in [1.54, 1.807) is 31.3 Å². The molecule has 6 nitrogen and oxygen atoms in total. The molecule has 0 saturated carbocycles. The SMILES string of the molecule is CCOC(=O)C(C(=O)c1ccc2ncnn2c1)c1cccc(C)c1. The smallest absolute Gasteiger partial charge is 0.321 e. The highest BCUT2D eigenvalue weighted by molar-refractivity contribution is 6.12. The van der Waals surface area contributed by atoms with Crippen molar-refractivity contribution in [1.29, 1.82) is 0 Å². The molecule has 0 aliphatic carbocycles. The second-order valence-corrected chi connectivity index (χ2v) is 5.44. The van der Waals surface area contributed by atoms with E-state index in [0.29, 0.717) is 16.8 Å². The Morgan fingerprint density at radius 3 is 2.83 bits per heavy atom. The lowest BCUT2D eigenvalue weighted by Crippen LogP contribution is -2.25. The minimum Gasteiger partial charge on any atom is -0.465 e. The minimum absolute atomic E-state index is 0.219. The van der Waals surface area contributed by atoms with E-state index in [0.717, 1.165) is 5.56 Å². The zero-order chi connectivity index (χ0) is 17.1. The highest BCUT2D eigenvalue weighted by atomic mass is 16.5. The van der Waals surface area contributed by atoms with Gasteiger partial charge in [0.25, 0.3) is 0 Å². The van der Waals surface area contributed by atoms with Gasteiger partial charge in [-0.3, -0.25) is 9.59 Å². The number of hydrogen-bond donors (Lipinski definition) is 0. The van der Waals surface area contributed by atoms with E-state index in [1.807, 2.05) is 25.1 Å². The van der Waals surface area contributed by atoms with E-state index < -0.39 is 11.9 Å². The first-order valence-electron chi connectivity index (χ1n) is 7.67. The first-order valence-corrected chi connectivity index (χ1v) is 7.67. The molecular formula is C18H17N3O3. The fourth-order valence-corrected chi connectivity index (χ4v) is 2.60. The molecule has 24 heavy (non-hydrogen) atoms. The second kappa shape index (κ2) is 6.62. The van der Waals surface area contributed by atoms with E-state index in [9.17, 15) is 9.59 Å². The Labute approximate surface area is 139 Å². The summed E-state index contributed by atoms with van der Waals surface area (Å²) >= 11 is 0. The number of aromatic nitrogens is 3. The second-order valence-electron chi connectivity index (χ2n) is 5.44. The fourth-order valence-electron chi connectivity index (χ4n) is 2.60. The van der Waals surface area contributed by atoms with Gasteiger partial charge in [-0.25, -0.2) is 9.50 Å². The van der Waals surface area contributed by atoms with Crippen LogP contribution in [0, 0.1) is 6.92 Å². The van der Waals surface area contributed by atoms with Gasteiger partial charge in [0.1, 0.15) is 12.2 Å². The van der Waals surface area contributed by atoms with Gasteiger partial charge >= 0.3 is 5.97 Å². The molecule has 0 bridgehead atoms. The molecule has 6 heteroatoms. The molecule has 0 radical (unpaired) electrons. The highest BCUT2D eigenvalue weighted by Crippen LogP contribution is 2.24. The quantitative estimate of drug-likeness (QED) is 0.410. The topological polar surface area (TPSA) is 73.6 Å². The summed E-state index contributed by atoms with van der Waals surface area (Å²) in [7, 11) is 0. The Hall–Kier alpha value is -3.02. The molecule has 1 atom stereocenters. The van der Waals surface area contributed by atoms with Crippen LogP contribution in [0.15, 0.2) is 48.9 Å². The molecule has 3 rings (SSSR count). The monoisotopic (exact) mass is 323 g/mol. The molecule has 0 aliphatic rings. The Morgan fingerprint density at radius 1 is 1.25 bits per heavy atom. The first kappa shape index (κ1) is 15.9. The number of Topliss-reactive ketones (excluding diaryl/α,β-unsaturated/α-hetero) is 1. The number of aryl methyl sites for hydroxylation is 1. The van der Waals surface area contributed by atoms with Crippen LogP contribution >= 0.6 is 0 Å². The third-order valence-electron chi connectivity index (χ3n) is 3.72. The number of benzene rings is 1. The summed E-state index contributed by atoms with van der Waals surface area (Å²) in [4.78, 5) is 29.4. The van der Waals surface area contributed by atoms with Crippen LogP contribution in [0.5, 0.6) is 0 Å². The lowest BCUT2D eigenvalue weighted by Gasteiger charge is -2.15. The standard InChI is InChI=1S/C18H17N3O3/c1-3-24-18(23)16(13-6-4-5-12(2)9-13)17(22)14-7-8-15-19-11-20-21(15)10-14/h4-11,16H,3H2,1-2H3. The number of carbonyl (C=O) groups is 2. The number of esters is 1. The zero-order valence-corrected chi connectivity index (χ0v) is 13.5. The molecule has 0 spiro atoms. The van der Waals surface area contributed by atoms with Crippen molar-refractivity contribution in [3.63, 3.8) is 0 Å². The number of rotatable bonds is 5. The number of hydrogen-bond acceptors (Lipinski definition) is 5. The van der Waals surface area contributed by atoms with E-state index in [-0.39, 0.29) is 12.4 Å². The number of carbonyl (C=O) groups excluding carboxylic acids is 2. The van der Waals surface area contributed by atoms with Crippen LogP contribution in [0.2, 0.25) is 0 Å². The van der Waals surface area contributed by atoms with Gasteiger partial charge < -0.3 is 4.74 Å². The van der Waals surface area contributed by atoms with Crippen LogP contribution < -0.4 is 0 Å². The Bertz CT molecular complexity index is 901. The van der Waals surface area contributed by atoms with Crippen molar-refractivity contribution in [3.8, 4) is 0 Å². The first-order chi connectivity index (χ1) is 11.6. The van der Waals surface area contributed by atoms with Crippen molar-refractivity contribution in [1.82, 2.24) is 14.6 Å². The molecule has 0 amide bonds. The van der Waals surface area contributed by atoms with Gasteiger partial charge in [-0.05, 0) is 31.5 Å². The maximum Gasteiger partial charge on any atom is 0.321 e. The van der Waals surface area contributed by atoms with E-state index >= 15 is 0 Å². The fraction of sp³-hybridized carbons (Fsp3) is 0.222. The Morgan fingerprint density at radius 2 is 2.08 bits per heavy atom. The molecule has 3 aromatic rings. The summed E-state index contributed by atoms with van der Waals surface area (Å²) in [5, 5.41) is 4.03. The number of ketones is 1. The predicted octanol–water partition coefficient (Wildman–Crippen LogP) is 2.57. The summed E-state index contributed by atoms with van der Waals surface area (Å²) in [6.45, 7) is 3.85. The average Bonchev–Trinajstić information content (AvgIpc) is 3.03. The van der Waals surface area contributed by atoms with Crippen molar-refractivity contribution in [2.24, 2.45) is 0 Å². The Kier molecular flexibility index (Phi) is 4.37. The molecular weight excluding hydrogens is 306 g/mol. The molecule has 1 unspecified atom stereocenters. The average molecular weight is 323 g/mol. The van der Waals surface area contributed by atoms with Crippen LogP contribution in [-0.2, 0) is 9.53 Å². The minimum atomic E-state index is -0.995. The maximum atomic E-state index is 13.0. The van der Waals surface area contributed by atoms with Gasteiger partial charge in [0.15, 0.2) is 11.4 Å². The number of ether oxygens (including phenoxy) is 1. The van der Waals surface area contributed by atoms with Crippen molar-refractivity contribution < 1.29 is 14.3 Å². The maximum absolute atomic E-state index is 13.0. The van der Waals surface area contributed by atoms with Gasteiger partial charge in [0.2, 0.25) is 0 Å². The lowest BCUT2D eigenvalue weighted by atomic mass is 9.90. The van der Waals surface area contributed by atoms with Crippen LogP contribution in [0.25, 0.3) is 5.65 Å². The summed E-state index contributed by atoms with van der Waals surface area (Å²) in [6.07, 6.45) is 2.99. The van der Waals surface area contributed by atoms with Gasteiger partial charge in [-0.1, -0.05) is 29.8 Å². The van der Waals surface area contributed by atoms with Gasteiger partial charge in [0.05, 0.1) is 6.61 Å². The van der Waals surface area contributed by atoms with Crippen molar-refractivity contribution in [2.75, 3.05) is 6.61 Å². The van der Waals surface area contributed by atoms with E-state index in [1.165, 1.54) is 10.8 Å². The number of nitrogens with zero attached hydrogens (tertiary/aromatic N) is 3. The van der Waals surface area contributed by atoms with Crippen molar-refractivity contribution >= 4 is 17.4 Å². The summed E-state index contributed by atoms with van der Waals surface area (Å²) < 4.78 is 6.62. The molecule has 0 fully saturated rings. The zero-order valence-electron chi connectivity index (χ0n) is 13.5. The van der Waals surface area contributed by atoms with Gasteiger partial charge in [-0.15, -0.1) is 0 Å². The molecule has 0 saturated heterocycles. The lowest BCUT2D eigenvalue weighted by molar-refractivity contribution is -0.143. The summed E-state index contributed by atoms with van der Waals surface area (Å²) in [6, 6.07) is 10.7. The number of fused-ring (bicyclic) bond motifs is 1. The van der Waals surface area contributed by atoms with Crippen molar-refractivity contribution in [3.05, 3.63) is 65.6 Å². The van der Waals surface area contributed by atoms with Crippen LogP contribution in [0.1, 0.15) is 34.3 Å². The predicted molar refractivity (Wildman–Crippen MR) is 87.9 cm³/mol. The van der Waals surface area contributed by atoms with Gasteiger partial charge in [0, 0.05) is 11.8 Å². The third kappa shape index (κ3) is 3.03. The normalized spacial score (nSPS) is 12.1. The molecule has 2 heterocycles. The molecule has 1 aromatic carbocycles. The van der Waals surface area contributed by atoms with Crippen molar-refractivity contribution in [2.45, 2.75) is 19.8 Å². The van der Waals surface area contributed by atoms with Crippen LogP contribution in [0.3, 0.4) is 0 Å². The largest absolute Gasteiger partial charge is 0.465 e. The molecule has 2 aromatic heterocycles. The molecule has 0 N–H and O–H groups in total. The van der Waals surface area contributed by atoms with E-state index in [4.69, 9.17) is 4.74 Å².